The van der Waals surface area contributed by atoms with E-state index in [2.05, 4.69) is 13.8 Å². The van der Waals surface area contributed by atoms with Crippen molar-refractivity contribution in [2.45, 2.75) is 19.8 Å². The Bertz CT molecular complexity index is 332. The summed E-state index contributed by atoms with van der Waals surface area (Å²) in [5.41, 5.74) is -0.727. The SMILES string of the molecule is O=C([O-])c1ccccc1C(=O)[O-].[CH2-]CCC.[Cu+2].[Cu+2]. The molecule has 6 heteroatoms. The second-order valence-electron chi connectivity index (χ2n) is 2.97. The largest absolute Gasteiger partial charge is 2.00 e. The molecule has 2 radical (unpaired) electrons. The zero-order chi connectivity index (χ0) is 12.6. The molecule has 1 aromatic carbocycles. The van der Waals surface area contributed by atoms with E-state index < -0.39 is 11.9 Å². The molecule has 0 heterocycles. The molecule has 0 fully saturated rings. The Morgan fingerprint density at radius 3 is 1.50 bits per heavy atom. The number of hydrogen-bond acceptors (Lipinski definition) is 4. The quantitative estimate of drug-likeness (QED) is 0.570. The van der Waals surface area contributed by atoms with Crippen molar-refractivity contribution in [2.24, 2.45) is 0 Å². The molecule has 4 nitrogen and oxygen atoms in total. The Kier molecular flexibility index (Phi) is 15.7. The molecule has 18 heavy (non-hydrogen) atoms. The number of rotatable bonds is 3. The van der Waals surface area contributed by atoms with Crippen molar-refractivity contribution in [1.29, 1.82) is 0 Å². The summed E-state index contributed by atoms with van der Waals surface area (Å²) in [5, 5.41) is 20.6. The molecule has 0 saturated carbocycles. The maximum Gasteiger partial charge on any atom is 2.00 e. The van der Waals surface area contributed by atoms with Crippen LogP contribution in [0.4, 0.5) is 0 Å². The van der Waals surface area contributed by atoms with E-state index in [0.717, 1.165) is 18.6 Å². The number of carbonyl (C=O) groups excluding carboxylic acids is 2. The van der Waals surface area contributed by atoms with Gasteiger partial charge in [-0.05, 0) is 0 Å². The van der Waals surface area contributed by atoms with Crippen molar-refractivity contribution in [2.75, 3.05) is 0 Å². The zero-order valence-electron chi connectivity index (χ0n) is 9.67. The Balaban J connectivity index is -0.000000332. The molecule has 0 saturated heterocycles. The average Bonchev–Trinajstić information content (AvgIpc) is 2.29. The first-order valence-electron chi connectivity index (χ1n) is 4.85. The summed E-state index contributed by atoms with van der Waals surface area (Å²) in [6.45, 7) is 5.72. The maximum absolute atomic E-state index is 10.3. The van der Waals surface area contributed by atoms with Crippen LogP contribution in [0, 0.1) is 6.92 Å². The molecule has 0 amide bonds. The van der Waals surface area contributed by atoms with Crippen molar-refractivity contribution < 1.29 is 53.9 Å². The molecule has 0 aromatic heterocycles. The third kappa shape index (κ3) is 8.31. The van der Waals surface area contributed by atoms with Gasteiger partial charge in [0.25, 0.3) is 0 Å². The fourth-order valence-corrected chi connectivity index (χ4v) is 0.839. The summed E-state index contributed by atoms with van der Waals surface area (Å²) in [4.78, 5) is 20.6. The number of unbranched alkanes of at least 4 members (excludes halogenated alkanes) is 1. The molecule has 0 atom stereocenters. The third-order valence-electron chi connectivity index (χ3n) is 1.72. The number of carbonyl (C=O) groups is 2. The Morgan fingerprint density at radius 2 is 1.33 bits per heavy atom. The van der Waals surface area contributed by atoms with E-state index >= 15 is 0 Å². The Morgan fingerprint density at radius 1 is 1.06 bits per heavy atom. The van der Waals surface area contributed by atoms with E-state index in [1.807, 2.05) is 0 Å². The molecular weight excluding hydrogens is 335 g/mol. The van der Waals surface area contributed by atoms with Crippen LogP contribution in [-0.2, 0) is 34.1 Å². The zero-order valence-corrected chi connectivity index (χ0v) is 11.6. The van der Waals surface area contributed by atoms with Crippen LogP contribution in [0.1, 0.15) is 40.5 Å². The van der Waals surface area contributed by atoms with Gasteiger partial charge in [0.2, 0.25) is 0 Å². The second kappa shape index (κ2) is 12.7. The van der Waals surface area contributed by atoms with Crippen LogP contribution in [0.3, 0.4) is 0 Å². The Hall–Kier alpha value is -0.801. The van der Waals surface area contributed by atoms with Gasteiger partial charge in [-0.1, -0.05) is 37.6 Å². The van der Waals surface area contributed by atoms with Crippen LogP contribution >= 0.6 is 0 Å². The molecule has 0 bridgehead atoms. The van der Waals surface area contributed by atoms with Gasteiger partial charge >= 0.3 is 34.1 Å². The topological polar surface area (TPSA) is 80.3 Å². The molecule has 1 aromatic rings. The van der Waals surface area contributed by atoms with Crippen LogP contribution in [0.15, 0.2) is 24.3 Å². The van der Waals surface area contributed by atoms with Gasteiger partial charge in [0.15, 0.2) is 0 Å². The second-order valence-corrected chi connectivity index (χ2v) is 2.97. The molecule has 0 spiro atoms. The minimum atomic E-state index is -1.52. The van der Waals surface area contributed by atoms with Gasteiger partial charge in [0.1, 0.15) is 0 Å². The van der Waals surface area contributed by atoms with Crippen LogP contribution in [-0.4, -0.2) is 11.9 Å². The first-order chi connectivity index (χ1) is 7.54. The Labute approximate surface area is 128 Å². The van der Waals surface area contributed by atoms with Crippen LogP contribution in [0.5, 0.6) is 0 Å². The first-order valence-corrected chi connectivity index (χ1v) is 4.85. The van der Waals surface area contributed by atoms with Crippen molar-refractivity contribution in [1.82, 2.24) is 0 Å². The predicted molar refractivity (Wildman–Crippen MR) is 55.4 cm³/mol. The van der Waals surface area contributed by atoms with Crippen LogP contribution < -0.4 is 10.2 Å². The number of carboxylic acid groups (broad SMARTS) is 2. The number of aromatic carboxylic acids is 2. The number of benzene rings is 1. The summed E-state index contributed by atoms with van der Waals surface area (Å²) < 4.78 is 0. The normalized spacial score (nSPS) is 7.89. The summed E-state index contributed by atoms with van der Waals surface area (Å²) in [7, 11) is 0. The summed E-state index contributed by atoms with van der Waals surface area (Å²) in [6, 6.07) is 5.14. The van der Waals surface area contributed by atoms with Gasteiger partial charge in [0, 0.05) is 11.1 Å². The first kappa shape index (κ1) is 22.4. The van der Waals surface area contributed by atoms with E-state index in [1.165, 1.54) is 18.6 Å². The van der Waals surface area contributed by atoms with Crippen molar-refractivity contribution in [3.8, 4) is 0 Å². The van der Waals surface area contributed by atoms with Crippen molar-refractivity contribution in [3.63, 3.8) is 0 Å². The molecule has 0 unspecified atom stereocenters. The van der Waals surface area contributed by atoms with Gasteiger partial charge < -0.3 is 26.7 Å². The van der Waals surface area contributed by atoms with E-state index in [1.54, 1.807) is 0 Å². The summed E-state index contributed by atoms with van der Waals surface area (Å²) >= 11 is 0. The molecule has 1 rings (SSSR count). The maximum atomic E-state index is 10.3. The fraction of sp³-hybridized carbons (Fsp3) is 0.250. The molecule has 106 valence electrons. The van der Waals surface area contributed by atoms with Crippen molar-refractivity contribution in [3.05, 3.63) is 42.3 Å². The summed E-state index contributed by atoms with van der Waals surface area (Å²) in [6.07, 6.45) is 2.28. The number of carboxylic acids is 2. The average molecular weight is 348 g/mol. The molecular formula is C12H13Cu2O4+. The van der Waals surface area contributed by atoms with E-state index in [-0.39, 0.29) is 45.3 Å². The molecule has 0 aliphatic carbocycles. The minimum Gasteiger partial charge on any atom is -0.545 e. The third-order valence-corrected chi connectivity index (χ3v) is 1.72. The molecule has 0 aliphatic heterocycles. The minimum absolute atomic E-state index is 0. The van der Waals surface area contributed by atoms with E-state index in [9.17, 15) is 19.8 Å². The smallest absolute Gasteiger partial charge is 0.545 e. The monoisotopic (exact) mass is 347 g/mol. The van der Waals surface area contributed by atoms with Gasteiger partial charge in [-0.2, -0.15) is 6.42 Å². The standard InChI is InChI=1S/C8H6O4.C4H9.2Cu/c9-7(10)5-3-1-2-4-6(5)8(11)12;1-3-4-2;;/h1-4H,(H,9,10)(H,11,12);1,3-4H2,2H3;;/q;-1;2*+2/p-2. The predicted octanol–water partition coefficient (Wildman–Crippen LogP) is 0.0292. The van der Waals surface area contributed by atoms with Gasteiger partial charge in [-0.15, -0.1) is 0 Å². The van der Waals surface area contributed by atoms with Gasteiger partial charge in [-0.3, -0.25) is 0 Å². The van der Waals surface area contributed by atoms with Gasteiger partial charge in [0.05, 0.1) is 11.9 Å². The van der Waals surface area contributed by atoms with Crippen LogP contribution in [0.2, 0.25) is 0 Å². The summed E-state index contributed by atoms with van der Waals surface area (Å²) in [5.74, 6) is -3.04. The molecule has 0 N–H and O–H groups in total. The van der Waals surface area contributed by atoms with Crippen LogP contribution in [0.25, 0.3) is 0 Å². The van der Waals surface area contributed by atoms with Crippen molar-refractivity contribution >= 4 is 11.9 Å². The molecule has 0 aliphatic rings. The number of hydrogen-bond donors (Lipinski definition) is 0. The van der Waals surface area contributed by atoms with E-state index in [0.29, 0.717) is 0 Å². The van der Waals surface area contributed by atoms with E-state index in [4.69, 9.17) is 0 Å². The van der Waals surface area contributed by atoms with Gasteiger partial charge in [-0.25, -0.2) is 0 Å². The fourth-order valence-electron chi connectivity index (χ4n) is 0.839.